The number of hydrogen-bond donors (Lipinski definition) is 0. The van der Waals surface area contributed by atoms with E-state index in [1.54, 1.807) is 13.8 Å². The molecule has 0 aliphatic rings. The van der Waals surface area contributed by atoms with E-state index in [1.165, 1.54) is 21.3 Å². The van der Waals surface area contributed by atoms with Crippen LogP contribution in [0.5, 0.6) is 0 Å². The van der Waals surface area contributed by atoms with Gasteiger partial charge in [0.1, 0.15) is 0 Å². The van der Waals surface area contributed by atoms with Crippen LogP contribution in [0.4, 0.5) is 0 Å². The Labute approximate surface area is 106 Å². The van der Waals surface area contributed by atoms with Crippen molar-refractivity contribution in [3.05, 3.63) is 0 Å². The highest BCUT2D eigenvalue weighted by molar-refractivity contribution is 7.54. The molecule has 1 unspecified atom stereocenters. The summed E-state index contributed by atoms with van der Waals surface area (Å²) in [4.78, 5) is 0. The van der Waals surface area contributed by atoms with E-state index in [9.17, 15) is 4.57 Å². The first-order valence-corrected chi connectivity index (χ1v) is 8.07. The van der Waals surface area contributed by atoms with E-state index in [0.29, 0.717) is 10.2 Å². The van der Waals surface area contributed by atoms with E-state index in [4.69, 9.17) is 23.3 Å². The van der Waals surface area contributed by atoms with Crippen molar-refractivity contribution in [2.75, 3.05) is 34.5 Å². The zero-order chi connectivity index (χ0) is 13.5. The zero-order valence-corrected chi connectivity index (χ0v) is 14.3. The van der Waals surface area contributed by atoms with Crippen LogP contribution in [0.15, 0.2) is 0 Å². The lowest BCUT2D eigenvalue weighted by Crippen LogP contribution is -2.48. The van der Waals surface area contributed by atoms with Crippen molar-refractivity contribution in [2.24, 2.45) is 0 Å². The third-order valence-corrected chi connectivity index (χ3v) is 6.70. The quantitative estimate of drug-likeness (QED) is 0.350. The second kappa shape index (κ2) is 7.63. The molecule has 0 heterocycles. The average Bonchev–Trinajstić information content (AvgIpc) is 2.30. The summed E-state index contributed by atoms with van der Waals surface area (Å²) in [5.41, 5.74) is -1.06. The van der Waals surface area contributed by atoms with Crippen LogP contribution in [0.3, 0.4) is 0 Å². The maximum Gasteiger partial charge on any atom is 0.364 e. The van der Waals surface area contributed by atoms with Gasteiger partial charge in [0, 0.05) is 21.3 Å². The molecule has 0 bridgehead atoms. The van der Waals surface area contributed by atoms with Crippen molar-refractivity contribution in [1.82, 2.24) is 0 Å². The molecule has 0 aromatic carbocycles. The Bertz CT molecular complexity index is 248. The molecule has 0 amide bonds. The van der Waals surface area contributed by atoms with E-state index in [2.05, 4.69) is 0 Å². The molecule has 0 saturated carbocycles. The zero-order valence-electron chi connectivity index (χ0n) is 11.4. The molecule has 0 fully saturated rings. The molecule has 0 N–H and O–H groups in total. The van der Waals surface area contributed by atoms with Gasteiger partial charge in [-0.3, -0.25) is 4.57 Å². The van der Waals surface area contributed by atoms with Gasteiger partial charge >= 0.3 is 7.60 Å². The first-order chi connectivity index (χ1) is 7.94. The Morgan fingerprint density at radius 3 is 1.76 bits per heavy atom. The minimum Gasteiger partial charge on any atom is -0.364 e. The summed E-state index contributed by atoms with van der Waals surface area (Å²) in [6.45, 7) is 4.02. The van der Waals surface area contributed by atoms with Gasteiger partial charge in [0.25, 0.3) is 0 Å². The molecule has 0 rings (SSSR count). The fourth-order valence-corrected chi connectivity index (χ4v) is 4.74. The van der Waals surface area contributed by atoms with E-state index in [-0.39, 0.29) is 13.2 Å². The van der Waals surface area contributed by atoms with Crippen LogP contribution in [-0.4, -0.2) is 56.0 Å². The highest BCUT2D eigenvalue weighted by Crippen LogP contribution is 2.56. The fourth-order valence-electron chi connectivity index (χ4n) is 1.45. The van der Waals surface area contributed by atoms with E-state index in [0.717, 1.165) is 0 Å². The summed E-state index contributed by atoms with van der Waals surface area (Å²) in [5, 5.41) is 0. The Morgan fingerprint density at radius 2 is 1.53 bits per heavy atom. The Kier molecular flexibility index (Phi) is 7.74. The molecule has 0 spiro atoms. The van der Waals surface area contributed by atoms with Crippen LogP contribution in [-0.2, 0) is 27.8 Å². The van der Waals surface area contributed by atoms with E-state index in [1.807, 2.05) is 0 Å². The summed E-state index contributed by atoms with van der Waals surface area (Å²) >= 11 is 0. The first kappa shape index (κ1) is 17.2. The van der Waals surface area contributed by atoms with Crippen molar-refractivity contribution in [3.8, 4) is 0 Å². The standard InChI is InChI=1S/C9H23O6PSi/c1-6-14-16(10,15-7-2)8(11-3)9(17,12-4)13-5/h8H,6-7H2,1-5,17H3. The number of rotatable bonds is 9. The minimum atomic E-state index is -3.42. The maximum atomic E-state index is 12.6. The van der Waals surface area contributed by atoms with Gasteiger partial charge in [0.05, 0.1) is 23.5 Å². The van der Waals surface area contributed by atoms with Crippen LogP contribution >= 0.6 is 7.60 Å². The first-order valence-electron chi connectivity index (χ1n) is 5.45. The van der Waals surface area contributed by atoms with E-state index < -0.39 is 18.9 Å². The predicted molar refractivity (Wildman–Crippen MR) is 68.3 cm³/mol. The van der Waals surface area contributed by atoms with Gasteiger partial charge in [0.15, 0.2) is 5.41 Å². The molecular formula is C9H23O6PSi. The Hall–Kier alpha value is 0.247. The summed E-state index contributed by atoms with van der Waals surface area (Å²) in [6.07, 6.45) is 0. The van der Waals surface area contributed by atoms with Crippen molar-refractivity contribution in [2.45, 2.75) is 25.1 Å². The summed E-state index contributed by atoms with van der Waals surface area (Å²) in [5.74, 6) is -0.892. The lowest BCUT2D eigenvalue weighted by Gasteiger charge is -2.37. The van der Waals surface area contributed by atoms with Crippen LogP contribution in [0.2, 0.25) is 0 Å². The lowest BCUT2D eigenvalue weighted by molar-refractivity contribution is -0.190. The van der Waals surface area contributed by atoms with Crippen LogP contribution in [0.25, 0.3) is 0 Å². The van der Waals surface area contributed by atoms with Gasteiger partial charge in [0.2, 0.25) is 5.85 Å². The molecule has 6 nitrogen and oxygen atoms in total. The number of ether oxygens (including phenoxy) is 3. The van der Waals surface area contributed by atoms with Crippen molar-refractivity contribution < 1.29 is 27.8 Å². The molecule has 0 saturated heterocycles. The third-order valence-electron chi connectivity index (χ3n) is 2.39. The summed E-state index contributed by atoms with van der Waals surface area (Å²) in [6, 6.07) is 0. The average molecular weight is 286 g/mol. The molecule has 8 heteroatoms. The largest absolute Gasteiger partial charge is 0.364 e. The lowest BCUT2D eigenvalue weighted by atomic mass is 10.6. The molecule has 0 aromatic heterocycles. The van der Waals surface area contributed by atoms with Crippen molar-refractivity contribution in [1.29, 1.82) is 0 Å². The highest BCUT2D eigenvalue weighted by Gasteiger charge is 2.49. The molecule has 0 aliphatic heterocycles. The highest BCUT2D eigenvalue weighted by atomic mass is 31.2. The minimum absolute atomic E-state index is 0.266. The molecule has 0 radical (unpaired) electrons. The van der Waals surface area contributed by atoms with Gasteiger partial charge in [-0.05, 0) is 13.8 Å². The summed E-state index contributed by atoms with van der Waals surface area (Å²) < 4.78 is 38.8. The van der Waals surface area contributed by atoms with Crippen molar-refractivity contribution >= 4 is 17.8 Å². The monoisotopic (exact) mass is 286 g/mol. The van der Waals surface area contributed by atoms with Crippen molar-refractivity contribution in [3.63, 3.8) is 0 Å². The topological polar surface area (TPSA) is 63.2 Å². The van der Waals surface area contributed by atoms with Gasteiger partial charge in [-0.1, -0.05) is 0 Å². The van der Waals surface area contributed by atoms with Gasteiger partial charge in [-0.2, -0.15) is 0 Å². The Balaban J connectivity index is 5.22. The summed E-state index contributed by atoms with van der Waals surface area (Å²) in [7, 11) is 1.42. The molecule has 0 aromatic rings. The second-order valence-electron chi connectivity index (χ2n) is 3.39. The van der Waals surface area contributed by atoms with Crippen LogP contribution in [0.1, 0.15) is 13.8 Å². The molecule has 0 aliphatic carbocycles. The predicted octanol–water partition coefficient (Wildman–Crippen LogP) is 0.537. The Morgan fingerprint density at radius 1 is 1.12 bits per heavy atom. The molecule has 1 atom stereocenters. The fraction of sp³-hybridized carbons (Fsp3) is 1.00. The normalized spacial score (nSPS) is 15.1. The molecule has 104 valence electrons. The van der Waals surface area contributed by atoms with Crippen LogP contribution in [0, 0.1) is 0 Å². The van der Waals surface area contributed by atoms with E-state index >= 15 is 0 Å². The number of methoxy groups -OCH3 is 3. The SMILES string of the molecule is CCOP(=O)(OCC)C(OC)C([SiH3])(OC)OC. The van der Waals surface area contributed by atoms with Gasteiger partial charge in [-0.25, -0.2) is 0 Å². The molecular weight excluding hydrogens is 263 g/mol. The third kappa shape index (κ3) is 4.13. The second-order valence-corrected chi connectivity index (χ2v) is 6.85. The molecule has 17 heavy (non-hydrogen) atoms. The maximum absolute atomic E-state index is 12.6. The van der Waals surface area contributed by atoms with Gasteiger partial charge < -0.3 is 23.3 Å². The number of hydrogen-bond acceptors (Lipinski definition) is 6. The van der Waals surface area contributed by atoms with Crippen LogP contribution < -0.4 is 0 Å². The van der Waals surface area contributed by atoms with Gasteiger partial charge in [-0.15, -0.1) is 0 Å². The smallest absolute Gasteiger partial charge is 0.364 e.